The van der Waals surface area contributed by atoms with Gasteiger partial charge in [0, 0.05) is 22.7 Å². The summed E-state index contributed by atoms with van der Waals surface area (Å²) in [4.78, 5) is 4.54. The average Bonchev–Trinajstić information content (AvgIpc) is 3.17. The van der Waals surface area contributed by atoms with Crippen molar-refractivity contribution in [2.45, 2.75) is 33.1 Å². The number of hydrogen-bond acceptors (Lipinski definition) is 2. The number of fused-ring (bicyclic) bond motifs is 5. The maximum Gasteiger partial charge on any atom is 0.101 e. The molecule has 1 unspecified atom stereocenters. The Morgan fingerprint density at radius 1 is 0.844 bits per heavy atom. The van der Waals surface area contributed by atoms with Gasteiger partial charge in [0.05, 0.1) is 17.1 Å². The molecule has 0 amide bonds. The van der Waals surface area contributed by atoms with Crippen LogP contribution in [-0.2, 0) is 6.42 Å². The molecule has 156 valence electrons. The number of aromatic nitrogens is 3. The summed E-state index contributed by atoms with van der Waals surface area (Å²) in [5, 5.41) is 6.44. The van der Waals surface area contributed by atoms with E-state index >= 15 is 0 Å². The fourth-order valence-electron chi connectivity index (χ4n) is 5.04. The molecule has 2 aromatic heterocycles. The summed E-state index contributed by atoms with van der Waals surface area (Å²) in [5.74, 6) is 0.480. The van der Waals surface area contributed by atoms with Gasteiger partial charge in [0.15, 0.2) is 0 Å². The summed E-state index contributed by atoms with van der Waals surface area (Å²) < 4.78 is 2.19. The number of rotatable bonds is 2. The molecular weight excluding hydrogens is 390 g/mol. The Labute approximate surface area is 188 Å². The maximum atomic E-state index is 5.18. The lowest BCUT2D eigenvalue weighted by atomic mass is 9.88. The molecule has 3 heterocycles. The van der Waals surface area contributed by atoms with Crippen molar-refractivity contribution >= 4 is 10.9 Å². The highest BCUT2D eigenvalue weighted by Crippen LogP contribution is 2.40. The Morgan fingerprint density at radius 2 is 1.72 bits per heavy atom. The lowest BCUT2D eigenvalue weighted by Gasteiger charge is -2.24. The molecule has 6 rings (SSSR count). The largest absolute Gasteiger partial charge is 0.256 e. The molecule has 1 aliphatic rings. The van der Waals surface area contributed by atoms with Crippen molar-refractivity contribution in [1.82, 2.24) is 14.8 Å². The molecule has 32 heavy (non-hydrogen) atoms. The van der Waals surface area contributed by atoms with Gasteiger partial charge in [-0.25, -0.2) is 4.68 Å². The van der Waals surface area contributed by atoms with Crippen molar-refractivity contribution in [2.24, 2.45) is 0 Å². The highest BCUT2D eigenvalue weighted by molar-refractivity contribution is 5.97. The third-order valence-corrected chi connectivity index (χ3v) is 6.60. The summed E-state index contributed by atoms with van der Waals surface area (Å²) in [6.07, 6.45) is 2.85. The maximum absolute atomic E-state index is 5.18. The van der Waals surface area contributed by atoms with Gasteiger partial charge in [-0.3, -0.25) is 4.98 Å². The third-order valence-electron chi connectivity index (χ3n) is 6.60. The van der Waals surface area contributed by atoms with Crippen LogP contribution in [-0.4, -0.2) is 14.8 Å². The highest BCUT2D eigenvalue weighted by Gasteiger charge is 2.26. The van der Waals surface area contributed by atoms with Crippen LogP contribution in [0.2, 0.25) is 0 Å². The molecular formula is C29H25N3. The topological polar surface area (TPSA) is 30.7 Å². The van der Waals surface area contributed by atoms with Gasteiger partial charge in [-0.05, 0) is 79.3 Å². The Bertz CT molecular complexity index is 1480. The highest BCUT2D eigenvalue weighted by atomic mass is 15.3. The Kier molecular flexibility index (Phi) is 4.25. The smallest absolute Gasteiger partial charge is 0.101 e. The average molecular weight is 416 g/mol. The van der Waals surface area contributed by atoms with E-state index in [1.54, 1.807) is 0 Å². The van der Waals surface area contributed by atoms with Gasteiger partial charge in [0.2, 0.25) is 0 Å². The Morgan fingerprint density at radius 3 is 2.56 bits per heavy atom. The summed E-state index contributed by atoms with van der Waals surface area (Å²) in [6, 6.07) is 26.0. The monoisotopic (exact) mass is 415 g/mol. The van der Waals surface area contributed by atoms with Crippen molar-refractivity contribution in [2.75, 3.05) is 0 Å². The summed E-state index contributed by atoms with van der Waals surface area (Å²) in [5.41, 5.74) is 12.0. The van der Waals surface area contributed by atoms with Gasteiger partial charge >= 0.3 is 0 Å². The number of pyridine rings is 1. The van der Waals surface area contributed by atoms with Crippen LogP contribution >= 0.6 is 0 Å². The number of benzene rings is 3. The van der Waals surface area contributed by atoms with E-state index in [1.807, 2.05) is 18.3 Å². The van der Waals surface area contributed by atoms with Crippen LogP contribution < -0.4 is 0 Å². The fraction of sp³-hybridized carbons (Fsp3) is 0.172. The van der Waals surface area contributed by atoms with E-state index in [1.165, 1.54) is 44.6 Å². The molecule has 1 atom stereocenters. The molecule has 0 aliphatic carbocycles. The summed E-state index contributed by atoms with van der Waals surface area (Å²) in [6.45, 7) is 6.67. The minimum absolute atomic E-state index is 0.480. The first-order valence-electron chi connectivity index (χ1n) is 11.2. The third kappa shape index (κ3) is 2.96. The van der Waals surface area contributed by atoms with Gasteiger partial charge < -0.3 is 0 Å². The standard InChI is InChI=1S/C29H25N3/c1-18-10-11-27-23(13-18)20(3)16-28-25-15-19(2)14-24(29(25)31-32(27)28)21-7-6-8-22(17-21)26-9-4-5-12-30-26/h4-15,17,20H,16H2,1-3H3. The second kappa shape index (κ2) is 7.16. The van der Waals surface area contributed by atoms with Crippen LogP contribution in [0.5, 0.6) is 0 Å². The minimum atomic E-state index is 0.480. The molecule has 0 radical (unpaired) electrons. The van der Waals surface area contributed by atoms with E-state index in [2.05, 4.69) is 91.1 Å². The SMILES string of the molecule is Cc1ccc2c(c1)C(C)Cc1c3cc(C)cc(-c4cccc(-c5ccccn5)c4)c3nn1-2. The van der Waals surface area contributed by atoms with Gasteiger partial charge in [-0.15, -0.1) is 0 Å². The van der Waals surface area contributed by atoms with Gasteiger partial charge in [-0.1, -0.05) is 48.9 Å². The molecule has 0 saturated carbocycles. The first kappa shape index (κ1) is 19.0. The molecule has 1 aliphatic heterocycles. The zero-order valence-electron chi connectivity index (χ0n) is 18.6. The van der Waals surface area contributed by atoms with Crippen LogP contribution in [0.3, 0.4) is 0 Å². The second-order valence-electron chi connectivity index (χ2n) is 9.03. The van der Waals surface area contributed by atoms with Crippen LogP contribution in [0.4, 0.5) is 0 Å². The fourth-order valence-corrected chi connectivity index (χ4v) is 5.04. The Balaban J connectivity index is 1.58. The molecule has 0 N–H and O–H groups in total. The van der Waals surface area contributed by atoms with Crippen LogP contribution in [0.1, 0.15) is 35.2 Å². The van der Waals surface area contributed by atoms with Crippen molar-refractivity contribution in [3.05, 3.63) is 101 Å². The van der Waals surface area contributed by atoms with Gasteiger partial charge in [0.1, 0.15) is 5.52 Å². The summed E-state index contributed by atoms with van der Waals surface area (Å²) >= 11 is 0. The molecule has 0 bridgehead atoms. The lowest BCUT2D eigenvalue weighted by Crippen LogP contribution is -2.16. The van der Waals surface area contributed by atoms with Gasteiger partial charge in [-0.2, -0.15) is 5.10 Å². The molecule has 3 nitrogen and oxygen atoms in total. The lowest BCUT2D eigenvalue weighted by molar-refractivity contribution is 0.656. The van der Waals surface area contributed by atoms with Crippen LogP contribution in [0, 0.1) is 13.8 Å². The number of hydrogen-bond donors (Lipinski definition) is 0. The molecule has 0 saturated heterocycles. The van der Waals surface area contributed by atoms with Crippen molar-refractivity contribution < 1.29 is 0 Å². The zero-order chi connectivity index (χ0) is 21.8. The van der Waals surface area contributed by atoms with Crippen LogP contribution in [0.25, 0.3) is 39.0 Å². The molecule has 3 heteroatoms. The van der Waals surface area contributed by atoms with E-state index in [9.17, 15) is 0 Å². The van der Waals surface area contributed by atoms with E-state index in [0.29, 0.717) is 5.92 Å². The Hall–Kier alpha value is -3.72. The molecule has 3 aromatic carbocycles. The molecule has 0 spiro atoms. The first-order valence-corrected chi connectivity index (χ1v) is 11.2. The minimum Gasteiger partial charge on any atom is -0.256 e. The quantitative estimate of drug-likeness (QED) is 0.310. The molecule has 5 aromatic rings. The van der Waals surface area contributed by atoms with Gasteiger partial charge in [0.25, 0.3) is 0 Å². The van der Waals surface area contributed by atoms with Crippen LogP contribution in [0.15, 0.2) is 79.0 Å². The summed E-state index contributed by atoms with van der Waals surface area (Å²) in [7, 11) is 0. The first-order chi connectivity index (χ1) is 15.6. The molecule has 0 fully saturated rings. The number of aryl methyl sites for hydroxylation is 2. The van der Waals surface area contributed by atoms with Crippen molar-refractivity contribution in [1.29, 1.82) is 0 Å². The van der Waals surface area contributed by atoms with E-state index in [-0.39, 0.29) is 0 Å². The number of nitrogens with zero attached hydrogens (tertiary/aromatic N) is 3. The van der Waals surface area contributed by atoms with E-state index in [4.69, 9.17) is 5.10 Å². The normalized spacial score (nSPS) is 14.9. The second-order valence-corrected chi connectivity index (χ2v) is 9.03. The predicted molar refractivity (Wildman–Crippen MR) is 131 cm³/mol. The van der Waals surface area contributed by atoms with E-state index < -0.39 is 0 Å². The van der Waals surface area contributed by atoms with Crippen molar-refractivity contribution in [3.63, 3.8) is 0 Å². The van der Waals surface area contributed by atoms with E-state index in [0.717, 1.165) is 23.2 Å². The zero-order valence-corrected chi connectivity index (χ0v) is 18.6. The van der Waals surface area contributed by atoms with Crippen molar-refractivity contribution in [3.8, 4) is 28.1 Å². The predicted octanol–water partition coefficient (Wildman–Crippen LogP) is 7.03.